The zero-order valence-corrected chi connectivity index (χ0v) is 11.8. The van der Waals surface area contributed by atoms with Gasteiger partial charge in [-0.1, -0.05) is 0 Å². The van der Waals surface area contributed by atoms with Gasteiger partial charge in [-0.15, -0.1) is 0 Å². The summed E-state index contributed by atoms with van der Waals surface area (Å²) in [7, 11) is 1.39. The molecule has 0 heterocycles. The molecule has 21 heavy (non-hydrogen) atoms. The summed E-state index contributed by atoms with van der Waals surface area (Å²) in [6.07, 6.45) is -1.07. The van der Waals surface area contributed by atoms with Crippen LogP contribution in [0.1, 0.15) is 6.92 Å². The van der Waals surface area contributed by atoms with Gasteiger partial charge in [-0.3, -0.25) is 4.79 Å². The third-order valence-corrected chi connectivity index (χ3v) is 2.57. The molecule has 1 atom stereocenters. The predicted molar refractivity (Wildman–Crippen MR) is 75.4 cm³/mol. The van der Waals surface area contributed by atoms with Gasteiger partial charge in [0.15, 0.2) is 0 Å². The third-order valence-electron chi connectivity index (χ3n) is 2.57. The largest absolute Gasteiger partial charge is 0.394 e. The van der Waals surface area contributed by atoms with Crippen molar-refractivity contribution in [3.8, 4) is 0 Å². The number of carbonyl (C=O) groups is 2. The number of rotatable bonds is 5. The molecule has 1 rings (SSSR count). The molecule has 0 spiro atoms. The fraction of sp³-hybridized carbons (Fsp3) is 0.385. The number of anilines is 2. The molecule has 0 saturated heterocycles. The minimum absolute atomic E-state index is 0.100. The topological polar surface area (TPSA) is 102 Å². The van der Waals surface area contributed by atoms with Crippen molar-refractivity contribution in [2.45, 2.75) is 13.0 Å². The number of aliphatic hydroxyl groups is 2. The average molecular weight is 299 g/mol. The Kier molecular flexibility index (Phi) is 6.07. The molecule has 116 valence electrons. The summed E-state index contributed by atoms with van der Waals surface area (Å²) in [4.78, 5) is 23.9. The van der Waals surface area contributed by atoms with Gasteiger partial charge in [0.2, 0.25) is 5.91 Å². The summed E-state index contributed by atoms with van der Waals surface area (Å²) < 4.78 is 13.6. The molecule has 0 saturated carbocycles. The van der Waals surface area contributed by atoms with E-state index in [9.17, 15) is 19.1 Å². The number of amides is 3. The van der Waals surface area contributed by atoms with E-state index >= 15 is 0 Å². The first-order chi connectivity index (χ1) is 9.83. The van der Waals surface area contributed by atoms with Crippen LogP contribution in [0.4, 0.5) is 20.6 Å². The Morgan fingerprint density at radius 3 is 2.62 bits per heavy atom. The van der Waals surface area contributed by atoms with Gasteiger partial charge in [-0.25, -0.2) is 9.18 Å². The smallest absolute Gasteiger partial charge is 0.321 e. The third kappa shape index (κ3) is 5.36. The van der Waals surface area contributed by atoms with E-state index in [4.69, 9.17) is 5.11 Å². The molecular formula is C13H18FN3O4. The van der Waals surface area contributed by atoms with E-state index in [0.29, 0.717) is 5.69 Å². The second-order valence-electron chi connectivity index (χ2n) is 4.52. The Labute approximate surface area is 121 Å². The lowest BCUT2D eigenvalue weighted by molar-refractivity contribution is -0.114. The molecule has 0 radical (unpaired) electrons. The summed E-state index contributed by atoms with van der Waals surface area (Å²) >= 11 is 0. The maximum Gasteiger partial charge on any atom is 0.321 e. The fourth-order valence-electron chi connectivity index (χ4n) is 1.57. The monoisotopic (exact) mass is 299 g/mol. The lowest BCUT2D eigenvalue weighted by Gasteiger charge is -2.20. The maximum atomic E-state index is 13.6. The first kappa shape index (κ1) is 16.9. The van der Waals surface area contributed by atoms with E-state index in [0.717, 1.165) is 11.0 Å². The van der Waals surface area contributed by atoms with E-state index in [2.05, 4.69) is 10.6 Å². The van der Waals surface area contributed by atoms with Crippen molar-refractivity contribution in [3.05, 3.63) is 24.0 Å². The van der Waals surface area contributed by atoms with Gasteiger partial charge in [-0.05, 0) is 18.2 Å². The van der Waals surface area contributed by atoms with Crippen LogP contribution < -0.4 is 10.6 Å². The molecule has 1 unspecified atom stereocenters. The van der Waals surface area contributed by atoms with Crippen LogP contribution in [-0.4, -0.2) is 53.4 Å². The van der Waals surface area contributed by atoms with Crippen molar-refractivity contribution in [2.75, 3.05) is 30.8 Å². The SMILES string of the molecule is CC(=O)Nc1ccc(F)c(NC(=O)N(C)CC(O)CO)c1. The lowest BCUT2D eigenvalue weighted by atomic mass is 10.2. The molecule has 3 amide bonds. The minimum Gasteiger partial charge on any atom is -0.394 e. The van der Waals surface area contributed by atoms with E-state index in [1.54, 1.807) is 0 Å². The molecule has 1 aromatic carbocycles. The minimum atomic E-state index is -1.07. The number of hydrogen-bond donors (Lipinski definition) is 4. The molecule has 0 bridgehead atoms. The molecule has 8 heteroatoms. The highest BCUT2D eigenvalue weighted by molar-refractivity contribution is 5.92. The summed E-state index contributed by atoms with van der Waals surface area (Å²) in [5, 5.41) is 22.8. The number of urea groups is 1. The average Bonchev–Trinajstić information content (AvgIpc) is 2.41. The van der Waals surface area contributed by atoms with Gasteiger partial charge in [0.25, 0.3) is 0 Å². The summed E-state index contributed by atoms with van der Waals surface area (Å²) in [5.41, 5.74) is 0.244. The highest BCUT2D eigenvalue weighted by atomic mass is 19.1. The first-order valence-electron chi connectivity index (χ1n) is 6.21. The van der Waals surface area contributed by atoms with Crippen molar-refractivity contribution >= 4 is 23.3 Å². The number of nitrogens with one attached hydrogen (secondary N) is 2. The first-order valence-corrected chi connectivity index (χ1v) is 6.21. The van der Waals surface area contributed by atoms with Gasteiger partial charge in [-0.2, -0.15) is 0 Å². The van der Waals surface area contributed by atoms with Crippen LogP contribution in [0.15, 0.2) is 18.2 Å². The number of hydrogen-bond acceptors (Lipinski definition) is 4. The summed E-state index contributed by atoms with van der Waals surface area (Å²) in [6, 6.07) is 3.11. The number of aliphatic hydroxyl groups excluding tert-OH is 2. The Hall–Kier alpha value is -2.19. The Morgan fingerprint density at radius 2 is 2.05 bits per heavy atom. The van der Waals surface area contributed by atoms with Gasteiger partial charge >= 0.3 is 6.03 Å². The van der Waals surface area contributed by atoms with Gasteiger partial charge in [0, 0.05) is 19.7 Å². The zero-order chi connectivity index (χ0) is 16.0. The Balaban J connectivity index is 2.77. The molecule has 0 aromatic heterocycles. The van der Waals surface area contributed by atoms with Crippen LogP contribution in [0.3, 0.4) is 0 Å². The van der Waals surface area contributed by atoms with Crippen molar-refractivity contribution in [1.82, 2.24) is 4.90 Å². The summed E-state index contributed by atoms with van der Waals surface area (Å²) in [5.74, 6) is -0.976. The van der Waals surface area contributed by atoms with Crippen LogP contribution >= 0.6 is 0 Å². The quantitative estimate of drug-likeness (QED) is 0.639. The van der Waals surface area contributed by atoms with Crippen molar-refractivity contribution < 1.29 is 24.2 Å². The maximum absolute atomic E-state index is 13.6. The van der Waals surface area contributed by atoms with Crippen LogP contribution in [0.25, 0.3) is 0 Å². The lowest BCUT2D eigenvalue weighted by Crippen LogP contribution is -2.38. The Bertz CT molecular complexity index is 524. The molecule has 0 fully saturated rings. The van der Waals surface area contributed by atoms with Gasteiger partial charge in [0.05, 0.1) is 24.9 Å². The predicted octanol–water partition coefficient (Wildman–Crippen LogP) is 0.601. The van der Waals surface area contributed by atoms with E-state index < -0.39 is 24.6 Å². The van der Waals surface area contributed by atoms with E-state index in [1.165, 1.54) is 26.1 Å². The highest BCUT2D eigenvalue weighted by Gasteiger charge is 2.15. The normalized spacial score (nSPS) is 11.7. The van der Waals surface area contributed by atoms with Crippen LogP contribution in [-0.2, 0) is 4.79 Å². The number of benzene rings is 1. The number of nitrogens with zero attached hydrogens (tertiary/aromatic N) is 1. The second-order valence-corrected chi connectivity index (χ2v) is 4.52. The number of halogens is 1. The summed E-state index contributed by atoms with van der Waals surface area (Å²) in [6.45, 7) is 0.727. The molecule has 4 N–H and O–H groups in total. The molecule has 0 aliphatic carbocycles. The van der Waals surface area contributed by atoms with E-state index in [1.807, 2.05) is 0 Å². The van der Waals surface area contributed by atoms with Crippen molar-refractivity contribution in [2.24, 2.45) is 0 Å². The molecule has 7 nitrogen and oxygen atoms in total. The van der Waals surface area contributed by atoms with Gasteiger partial charge in [0.1, 0.15) is 5.82 Å². The molecular weight excluding hydrogens is 281 g/mol. The fourth-order valence-corrected chi connectivity index (χ4v) is 1.57. The standard InChI is InChI=1S/C13H18FN3O4/c1-8(19)15-9-3-4-11(14)12(5-9)16-13(21)17(2)6-10(20)7-18/h3-5,10,18,20H,6-7H2,1-2H3,(H,15,19)(H,16,21). The highest BCUT2D eigenvalue weighted by Crippen LogP contribution is 2.20. The van der Waals surface area contributed by atoms with E-state index in [-0.39, 0.29) is 18.1 Å². The van der Waals surface area contributed by atoms with Crippen molar-refractivity contribution in [1.29, 1.82) is 0 Å². The van der Waals surface area contributed by atoms with Gasteiger partial charge < -0.3 is 25.7 Å². The van der Waals surface area contributed by atoms with Crippen molar-refractivity contribution in [3.63, 3.8) is 0 Å². The molecule has 1 aromatic rings. The van der Waals surface area contributed by atoms with Crippen LogP contribution in [0, 0.1) is 5.82 Å². The Morgan fingerprint density at radius 1 is 1.38 bits per heavy atom. The van der Waals surface area contributed by atoms with Crippen LogP contribution in [0.5, 0.6) is 0 Å². The molecule has 0 aliphatic rings. The number of likely N-dealkylation sites (N-methyl/N-ethyl adjacent to an activating group) is 1. The number of carbonyl (C=O) groups excluding carboxylic acids is 2. The second kappa shape index (κ2) is 7.55. The zero-order valence-electron chi connectivity index (χ0n) is 11.8. The van der Waals surface area contributed by atoms with Crippen LogP contribution in [0.2, 0.25) is 0 Å². The molecule has 0 aliphatic heterocycles.